The average molecular weight is 244 g/mol. The molecule has 0 aromatic carbocycles. The maximum atomic E-state index is 6.02. The summed E-state index contributed by atoms with van der Waals surface area (Å²) in [5.74, 6) is 0.556. The summed E-state index contributed by atoms with van der Waals surface area (Å²) in [5, 5.41) is 0. The molecule has 2 aromatic heterocycles. The lowest BCUT2D eigenvalue weighted by atomic mass is 10.0. The summed E-state index contributed by atoms with van der Waals surface area (Å²) < 4.78 is 2.21. The molecule has 0 spiro atoms. The summed E-state index contributed by atoms with van der Waals surface area (Å²) in [6, 6.07) is 2.25. The Morgan fingerprint density at radius 1 is 1.28 bits per heavy atom. The standard InChI is InChI=1S/C14H20N4/c1-4-13(10(2)3)18-9-17-8-14(18)11-7-16-6-5-12(11)15/h5-10,13H,4H2,1-3H3,(H2,15,16). The number of pyridine rings is 1. The fourth-order valence-electron chi connectivity index (χ4n) is 2.39. The van der Waals surface area contributed by atoms with Gasteiger partial charge in [0.1, 0.15) is 0 Å². The van der Waals surface area contributed by atoms with Gasteiger partial charge in [0.25, 0.3) is 0 Å². The van der Waals surface area contributed by atoms with Gasteiger partial charge in [-0.15, -0.1) is 0 Å². The van der Waals surface area contributed by atoms with E-state index in [1.165, 1.54) is 0 Å². The third-order valence-electron chi connectivity index (χ3n) is 3.34. The van der Waals surface area contributed by atoms with Crippen LogP contribution in [0.4, 0.5) is 5.69 Å². The van der Waals surface area contributed by atoms with Gasteiger partial charge in [0.05, 0.1) is 18.2 Å². The van der Waals surface area contributed by atoms with Gasteiger partial charge in [0.2, 0.25) is 0 Å². The maximum Gasteiger partial charge on any atom is 0.0953 e. The first-order valence-electron chi connectivity index (χ1n) is 6.36. The van der Waals surface area contributed by atoms with Crippen LogP contribution in [0.2, 0.25) is 0 Å². The van der Waals surface area contributed by atoms with Gasteiger partial charge in [-0.1, -0.05) is 20.8 Å². The molecule has 0 bridgehead atoms. The number of nitrogens with zero attached hydrogens (tertiary/aromatic N) is 3. The van der Waals surface area contributed by atoms with Gasteiger partial charge >= 0.3 is 0 Å². The van der Waals surface area contributed by atoms with E-state index in [-0.39, 0.29) is 0 Å². The zero-order chi connectivity index (χ0) is 13.1. The van der Waals surface area contributed by atoms with Crippen LogP contribution < -0.4 is 5.73 Å². The van der Waals surface area contributed by atoms with Gasteiger partial charge in [-0.25, -0.2) is 4.98 Å². The van der Waals surface area contributed by atoms with Crippen LogP contribution in [-0.2, 0) is 0 Å². The van der Waals surface area contributed by atoms with Crippen molar-refractivity contribution >= 4 is 5.69 Å². The van der Waals surface area contributed by atoms with E-state index in [2.05, 4.69) is 35.3 Å². The summed E-state index contributed by atoms with van der Waals surface area (Å²) in [7, 11) is 0. The van der Waals surface area contributed by atoms with E-state index < -0.39 is 0 Å². The monoisotopic (exact) mass is 244 g/mol. The number of rotatable bonds is 4. The summed E-state index contributed by atoms with van der Waals surface area (Å²) in [6.07, 6.45) is 8.32. The first-order valence-corrected chi connectivity index (χ1v) is 6.36. The Morgan fingerprint density at radius 3 is 2.67 bits per heavy atom. The minimum atomic E-state index is 0.433. The molecular formula is C14H20N4. The minimum Gasteiger partial charge on any atom is -0.398 e. The second kappa shape index (κ2) is 5.21. The Labute approximate surface area is 108 Å². The summed E-state index contributed by atoms with van der Waals surface area (Å²) in [6.45, 7) is 6.65. The van der Waals surface area contributed by atoms with Gasteiger partial charge < -0.3 is 10.3 Å². The van der Waals surface area contributed by atoms with E-state index in [9.17, 15) is 0 Å². The van der Waals surface area contributed by atoms with Crippen LogP contribution in [0, 0.1) is 5.92 Å². The number of nitrogen functional groups attached to an aromatic ring is 1. The lowest BCUT2D eigenvalue weighted by Crippen LogP contribution is -2.14. The fourth-order valence-corrected chi connectivity index (χ4v) is 2.39. The molecule has 0 aliphatic carbocycles. The van der Waals surface area contributed by atoms with E-state index >= 15 is 0 Å². The topological polar surface area (TPSA) is 56.7 Å². The molecule has 2 aromatic rings. The molecule has 4 heteroatoms. The number of hydrogen-bond acceptors (Lipinski definition) is 3. The van der Waals surface area contributed by atoms with Crippen molar-refractivity contribution in [2.24, 2.45) is 5.92 Å². The van der Waals surface area contributed by atoms with Crippen molar-refractivity contribution in [3.63, 3.8) is 0 Å². The molecule has 2 N–H and O–H groups in total. The first-order chi connectivity index (χ1) is 8.65. The Hall–Kier alpha value is -1.84. The van der Waals surface area contributed by atoms with Crippen LogP contribution in [0.5, 0.6) is 0 Å². The van der Waals surface area contributed by atoms with Gasteiger partial charge in [-0.3, -0.25) is 4.98 Å². The Bertz CT molecular complexity index is 516. The van der Waals surface area contributed by atoms with Gasteiger partial charge in [-0.05, 0) is 18.4 Å². The predicted octanol–water partition coefficient (Wildman–Crippen LogP) is 3.13. The largest absolute Gasteiger partial charge is 0.398 e. The Kier molecular flexibility index (Phi) is 3.65. The highest BCUT2D eigenvalue weighted by Gasteiger charge is 2.18. The molecule has 1 atom stereocenters. The molecule has 0 aliphatic heterocycles. The molecule has 2 rings (SSSR count). The predicted molar refractivity (Wildman–Crippen MR) is 74.0 cm³/mol. The van der Waals surface area contributed by atoms with Crippen LogP contribution in [0.15, 0.2) is 31.0 Å². The van der Waals surface area contributed by atoms with Crippen molar-refractivity contribution in [3.05, 3.63) is 31.0 Å². The lowest BCUT2D eigenvalue weighted by molar-refractivity contribution is 0.368. The SMILES string of the molecule is CCC(C(C)C)n1cncc1-c1cnccc1N. The highest BCUT2D eigenvalue weighted by Crippen LogP contribution is 2.30. The van der Waals surface area contributed by atoms with E-state index in [1.807, 2.05) is 18.6 Å². The fraction of sp³-hybridized carbons (Fsp3) is 0.429. The lowest BCUT2D eigenvalue weighted by Gasteiger charge is -2.23. The summed E-state index contributed by atoms with van der Waals surface area (Å²) in [4.78, 5) is 8.42. The van der Waals surface area contributed by atoms with Crippen LogP contribution in [-0.4, -0.2) is 14.5 Å². The zero-order valence-electron chi connectivity index (χ0n) is 11.2. The van der Waals surface area contributed by atoms with Crippen molar-refractivity contribution in [1.29, 1.82) is 0 Å². The number of hydrogen-bond donors (Lipinski definition) is 1. The third kappa shape index (κ3) is 2.23. The molecule has 0 fully saturated rings. The van der Waals surface area contributed by atoms with E-state index in [0.717, 1.165) is 23.4 Å². The van der Waals surface area contributed by atoms with Crippen molar-refractivity contribution in [2.45, 2.75) is 33.2 Å². The molecule has 0 saturated heterocycles. The third-order valence-corrected chi connectivity index (χ3v) is 3.34. The smallest absolute Gasteiger partial charge is 0.0953 e. The number of anilines is 1. The Balaban J connectivity index is 2.48. The highest BCUT2D eigenvalue weighted by atomic mass is 15.1. The van der Waals surface area contributed by atoms with Gasteiger partial charge in [-0.2, -0.15) is 0 Å². The van der Waals surface area contributed by atoms with Crippen molar-refractivity contribution in [3.8, 4) is 11.3 Å². The molecule has 0 aliphatic rings. The molecule has 0 radical (unpaired) electrons. The normalized spacial score (nSPS) is 12.9. The Morgan fingerprint density at radius 2 is 2.06 bits per heavy atom. The molecular weight excluding hydrogens is 224 g/mol. The molecule has 18 heavy (non-hydrogen) atoms. The zero-order valence-corrected chi connectivity index (χ0v) is 11.2. The van der Waals surface area contributed by atoms with E-state index in [0.29, 0.717) is 12.0 Å². The second-order valence-corrected chi connectivity index (χ2v) is 4.87. The molecule has 0 amide bonds. The number of aromatic nitrogens is 3. The summed E-state index contributed by atoms with van der Waals surface area (Å²) >= 11 is 0. The van der Waals surface area contributed by atoms with E-state index in [1.54, 1.807) is 12.4 Å². The van der Waals surface area contributed by atoms with Crippen molar-refractivity contribution in [2.75, 3.05) is 5.73 Å². The van der Waals surface area contributed by atoms with Crippen molar-refractivity contribution in [1.82, 2.24) is 14.5 Å². The first kappa shape index (κ1) is 12.6. The van der Waals surface area contributed by atoms with Gasteiger partial charge in [0.15, 0.2) is 0 Å². The maximum absolute atomic E-state index is 6.02. The highest BCUT2D eigenvalue weighted by molar-refractivity contribution is 5.72. The van der Waals surface area contributed by atoms with Crippen LogP contribution >= 0.6 is 0 Å². The number of imidazole rings is 1. The summed E-state index contributed by atoms with van der Waals surface area (Å²) in [5.41, 5.74) is 8.75. The quantitative estimate of drug-likeness (QED) is 0.899. The molecule has 2 heterocycles. The van der Waals surface area contributed by atoms with Crippen molar-refractivity contribution < 1.29 is 0 Å². The molecule has 96 valence electrons. The molecule has 1 unspecified atom stereocenters. The molecule has 4 nitrogen and oxygen atoms in total. The van der Waals surface area contributed by atoms with Crippen LogP contribution in [0.25, 0.3) is 11.3 Å². The minimum absolute atomic E-state index is 0.433. The second-order valence-electron chi connectivity index (χ2n) is 4.87. The van der Waals surface area contributed by atoms with Gasteiger partial charge in [0, 0.05) is 29.7 Å². The average Bonchev–Trinajstić information content (AvgIpc) is 2.79. The van der Waals surface area contributed by atoms with Crippen LogP contribution in [0.1, 0.15) is 33.2 Å². The van der Waals surface area contributed by atoms with E-state index in [4.69, 9.17) is 5.73 Å². The molecule has 0 saturated carbocycles. The number of nitrogens with two attached hydrogens (primary N) is 1. The van der Waals surface area contributed by atoms with Crippen LogP contribution in [0.3, 0.4) is 0 Å².